The van der Waals surface area contributed by atoms with Crippen molar-refractivity contribution in [3.63, 3.8) is 0 Å². The molecule has 1 aliphatic rings. The monoisotopic (exact) mass is 443 g/mol. The fraction of sp³-hybridized carbons (Fsp3) is 0.435. The van der Waals surface area contributed by atoms with Crippen LogP contribution in [0.4, 0.5) is 0 Å². The number of oxazole rings is 1. The largest absolute Gasteiger partial charge is 0.419 e. The molecule has 1 N–H and O–H groups in total. The van der Waals surface area contributed by atoms with E-state index >= 15 is 0 Å². The normalized spacial score (nSPS) is 16.2. The minimum absolute atomic E-state index is 0.107. The Morgan fingerprint density at radius 1 is 1.10 bits per heavy atom. The average molecular weight is 444 g/mol. The highest BCUT2D eigenvalue weighted by atomic mass is 32.2. The van der Waals surface area contributed by atoms with Crippen molar-refractivity contribution in [1.82, 2.24) is 14.2 Å². The Morgan fingerprint density at radius 3 is 2.58 bits per heavy atom. The van der Waals surface area contributed by atoms with Crippen LogP contribution in [0.3, 0.4) is 0 Å². The number of piperidine rings is 1. The highest BCUT2D eigenvalue weighted by Gasteiger charge is 2.20. The van der Waals surface area contributed by atoms with E-state index in [9.17, 15) is 13.2 Å². The van der Waals surface area contributed by atoms with E-state index in [0.29, 0.717) is 12.1 Å². The Hall–Kier alpha value is -2.42. The van der Waals surface area contributed by atoms with Crippen molar-refractivity contribution in [3.8, 4) is 0 Å². The first-order valence-electron chi connectivity index (χ1n) is 10.8. The van der Waals surface area contributed by atoms with E-state index < -0.39 is 15.8 Å². The molecular formula is C23H29N3O4S. The Morgan fingerprint density at radius 2 is 1.84 bits per heavy atom. The predicted octanol–water partition coefficient (Wildman–Crippen LogP) is 2.75. The average Bonchev–Trinajstić information content (AvgIpc) is 3.06. The smallest absolute Gasteiger partial charge is 0.408 e. The van der Waals surface area contributed by atoms with Crippen molar-refractivity contribution >= 4 is 21.1 Å². The van der Waals surface area contributed by atoms with Gasteiger partial charge in [-0.25, -0.2) is 17.9 Å². The first kappa shape index (κ1) is 21.8. The molecule has 4 rings (SSSR count). The molecule has 0 atom stereocenters. The maximum Gasteiger partial charge on any atom is 0.419 e. The summed E-state index contributed by atoms with van der Waals surface area (Å²) in [5, 5.41) is 0. The molecule has 0 spiro atoms. The standard InChI is InChI=1S/C23H29N3O4S/c1-25-21-9-8-20(17-22(21)30-23(25)27)31(28,29)24-12-5-13-26-14-10-19(11-15-26)16-18-6-3-2-4-7-18/h2-4,6-9,17,19,24H,5,10-16H2,1H3. The maximum atomic E-state index is 12.6. The van der Waals surface area contributed by atoms with Gasteiger partial charge in [-0.15, -0.1) is 0 Å². The number of aryl methyl sites for hydroxylation is 1. The summed E-state index contributed by atoms with van der Waals surface area (Å²) < 4.78 is 34.3. The molecule has 0 unspecified atom stereocenters. The number of nitrogens with zero attached hydrogens (tertiary/aromatic N) is 2. The molecule has 1 saturated heterocycles. The Labute approximate surface area is 182 Å². The minimum atomic E-state index is -3.64. The van der Waals surface area contributed by atoms with E-state index in [2.05, 4.69) is 40.0 Å². The van der Waals surface area contributed by atoms with Crippen LogP contribution < -0.4 is 10.5 Å². The van der Waals surface area contributed by atoms with Crippen molar-refractivity contribution in [2.45, 2.75) is 30.6 Å². The number of fused-ring (bicyclic) bond motifs is 1. The number of sulfonamides is 1. The highest BCUT2D eigenvalue weighted by molar-refractivity contribution is 7.89. The first-order valence-corrected chi connectivity index (χ1v) is 12.3. The Bertz CT molecular complexity index is 1180. The SMILES string of the molecule is Cn1c(=O)oc2cc(S(=O)(=O)NCCCN3CCC(Cc4ccccc4)CC3)ccc21. The summed E-state index contributed by atoms with van der Waals surface area (Å²) in [5.41, 5.74) is 2.25. The van der Waals surface area contributed by atoms with Gasteiger partial charge in [-0.3, -0.25) is 4.57 Å². The lowest BCUT2D eigenvalue weighted by atomic mass is 9.90. The van der Waals surface area contributed by atoms with Crippen molar-refractivity contribution in [2.24, 2.45) is 13.0 Å². The molecule has 0 aliphatic carbocycles. The van der Waals surface area contributed by atoms with Crippen LogP contribution >= 0.6 is 0 Å². The Kier molecular flexibility index (Phi) is 6.60. The van der Waals surface area contributed by atoms with Gasteiger partial charge in [-0.05, 0) is 68.9 Å². The second-order valence-electron chi connectivity index (χ2n) is 8.28. The molecule has 7 nitrogen and oxygen atoms in total. The molecular weight excluding hydrogens is 414 g/mol. The van der Waals surface area contributed by atoms with Gasteiger partial charge in [0, 0.05) is 19.7 Å². The molecule has 2 heterocycles. The molecule has 1 aliphatic heterocycles. The van der Waals surface area contributed by atoms with Crippen LogP contribution in [0.1, 0.15) is 24.8 Å². The predicted molar refractivity (Wildman–Crippen MR) is 121 cm³/mol. The van der Waals surface area contributed by atoms with Gasteiger partial charge in [-0.1, -0.05) is 30.3 Å². The Balaban J connectivity index is 1.22. The van der Waals surface area contributed by atoms with Crippen LogP contribution in [0.25, 0.3) is 11.1 Å². The molecule has 1 aromatic heterocycles. The summed E-state index contributed by atoms with van der Waals surface area (Å²) in [7, 11) is -2.05. The zero-order valence-corrected chi connectivity index (χ0v) is 18.6. The highest BCUT2D eigenvalue weighted by Crippen LogP contribution is 2.22. The lowest BCUT2D eigenvalue weighted by Gasteiger charge is -2.32. The summed E-state index contributed by atoms with van der Waals surface area (Å²) >= 11 is 0. The van der Waals surface area contributed by atoms with Gasteiger partial charge >= 0.3 is 5.76 Å². The molecule has 8 heteroatoms. The van der Waals surface area contributed by atoms with Gasteiger partial charge in [0.25, 0.3) is 0 Å². The zero-order valence-electron chi connectivity index (χ0n) is 17.8. The maximum absolute atomic E-state index is 12.6. The van der Waals surface area contributed by atoms with Gasteiger partial charge < -0.3 is 9.32 Å². The number of aromatic nitrogens is 1. The van der Waals surface area contributed by atoms with Gasteiger partial charge in [0.2, 0.25) is 10.0 Å². The summed E-state index contributed by atoms with van der Waals surface area (Å²) in [5.74, 6) is 0.218. The number of hydrogen-bond donors (Lipinski definition) is 1. The van der Waals surface area contributed by atoms with E-state index in [1.54, 1.807) is 13.1 Å². The molecule has 3 aromatic rings. The third kappa shape index (κ3) is 5.26. The van der Waals surface area contributed by atoms with Crippen molar-refractivity contribution < 1.29 is 12.8 Å². The van der Waals surface area contributed by atoms with Crippen LogP contribution in [-0.4, -0.2) is 44.1 Å². The lowest BCUT2D eigenvalue weighted by Crippen LogP contribution is -2.36. The van der Waals surface area contributed by atoms with E-state index in [0.717, 1.165) is 38.4 Å². The van der Waals surface area contributed by atoms with Crippen LogP contribution in [-0.2, 0) is 23.5 Å². The van der Waals surface area contributed by atoms with E-state index in [1.807, 2.05) is 0 Å². The summed E-state index contributed by atoms with van der Waals surface area (Å²) in [4.78, 5) is 14.1. The zero-order chi connectivity index (χ0) is 21.8. The van der Waals surface area contributed by atoms with Crippen LogP contribution in [0.5, 0.6) is 0 Å². The van der Waals surface area contributed by atoms with Gasteiger partial charge in [0.05, 0.1) is 10.4 Å². The third-order valence-corrected chi connectivity index (χ3v) is 7.55. The van der Waals surface area contributed by atoms with Gasteiger partial charge in [-0.2, -0.15) is 0 Å². The van der Waals surface area contributed by atoms with Crippen LogP contribution in [0.15, 0.2) is 62.6 Å². The molecule has 0 bridgehead atoms. The molecule has 31 heavy (non-hydrogen) atoms. The molecule has 2 aromatic carbocycles. The molecule has 1 fully saturated rings. The van der Waals surface area contributed by atoms with Crippen molar-refractivity contribution in [2.75, 3.05) is 26.2 Å². The minimum Gasteiger partial charge on any atom is -0.408 e. The van der Waals surface area contributed by atoms with E-state index in [1.165, 1.54) is 35.1 Å². The summed E-state index contributed by atoms with van der Waals surface area (Å²) in [6, 6.07) is 15.1. The number of nitrogens with one attached hydrogen (secondary N) is 1. The van der Waals surface area contributed by atoms with Gasteiger partial charge in [0.1, 0.15) is 0 Å². The van der Waals surface area contributed by atoms with E-state index in [-0.39, 0.29) is 10.5 Å². The topological polar surface area (TPSA) is 84.5 Å². The second kappa shape index (κ2) is 9.38. The molecule has 0 radical (unpaired) electrons. The lowest BCUT2D eigenvalue weighted by molar-refractivity contribution is 0.183. The number of rotatable bonds is 8. The quantitative estimate of drug-likeness (QED) is 0.541. The molecule has 0 saturated carbocycles. The number of likely N-dealkylation sites (tertiary alicyclic amines) is 1. The fourth-order valence-corrected chi connectivity index (χ4v) is 5.32. The number of hydrogen-bond acceptors (Lipinski definition) is 5. The van der Waals surface area contributed by atoms with Crippen molar-refractivity contribution in [3.05, 3.63) is 64.6 Å². The van der Waals surface area contributed by atoms with E-state index in [4.69, 9.17) is 4.42 Å². The van der Waals surface area contributed by atoms with Crippen LogP contribution in [0, 0.1) is 5.92 Å². The third-order valence-electron chi connectivity index (χ3n) is 6.09. The van der Waals surface area contributed by atoms with Crippen molar-refractivity contribution in [1.29, 1.82) is 0 Å². The summed E-state index contributed by atoms with van der Waals surface area (Å²) in [6.45, 7) is 3.39. The second-order valence-corrected chi connectivity index (χ2v) is 10.0. The fourth-order valence-electron chi connectivity index (χ4n) is 4.24. The molecule has 166 valence electrons. The number of benzene rings is 2. The first-order chi connectivity index (χ1) is 14.9. The van der Waals surface area contributed by atoms with Crippen LogP contribution in [0.2, 0.25) is 0 Å². The summed E-state index contributed by atoms with van der Waals surface area (Å²) in [6.07, 6.45) is 4.26. The van der Waals surface area contributed by atoms with Gasteiger partial charge in [0.15, 0.2) is 5.58 Å². The molecule has 0 amide bonds.